The third kappa shape index (κ3) is 3.67. The molecule has 0 spiro atoms. The van der Waals surface area contributed by atoms with Crippen LogP contribution in [0.15, 0.2) is 36.1 Å². The van der Waals surface area contributed by atoms with Gasteiger partial charge >= 0.3 is 0 Å². The number of carbonyl (C=O) groups is 1. The molecule has 1 aliphatic heterocycles. The van der Waals surface area contributed by atoms with E-state index in [2.05, 4.69) is 20.3 Å². The fourth-order valence-electron chi connectivity index (χ4n) is 4.13. The molecule has 3 aromatic heterocycles. The Labute approximate surface area is 189 Å². The van der Waals surface area contributed by atoms with Crippen molar-refractivity contribution in [3.8, 4) is 0 Å². The van der Waals surface area contributed by atoms with Gasteiger partial charge in [0.2, 0.25) is 0 Å². The van der Waals surface area contributed by atoms with Crippen molar-refractivity contribution in [2.75, 3.05) is 25.1 Å². The molecule has 5 rings (SSSR count). The Morgan fingerprint density at radius 1 is 1.31 bits per heavy atom. The topological polar surface area (TPSA) is 93.1 Å². The summed E-state index contributed by atoms with van der Waals surface area (Å²) in [5, 5.41) is 5.30. The van der Waals surface area contributed by atoms with Crippen LogP contribution >= 0.6 is 11.3 Å². The largest absolute Gasteiger partial charge is 0.377 e. The van der Waals surface area contributed by atoms with Crippen LogP contribution in [0.1, 0.15) is 41.6 Å². The van der Waals surface area contributed by atoms with E-state index in [-0.39, 0.29) is 18.0 Å². The Morgan fingerprint density at radius 3 is 3.03 bits per heavy atom. The summed E-state index contributed by atoms with van der Waals surface area (Å²) in [5.74, 6) is 0.600. The maximum Gasteiger partial charge on any atom is 0.273 e. The van der Waals surface area contributed by atoms with Crippen molar-refractivity contribution in [3.63, 3.8) is 0 Å². The number of anilines is 1. The predicted molar refractivity (Wildman–Crippen MR) is 125 cm³/mol. The van der Waals surface area contributed by atoms with Crippen LogP contribution in [0.5, 0.6) is 0 Å². The van der Waals surface area contributed by atoms with Gasteiger partial charge in [0, 0.05) is 11.9 Å². The van der Waals surface area contributed by atoms with Crippen LogP contribution in [0.3, 0.4) is 0 Å². The lowest BCUT2D eigenvalue weighted by molar-refractivity contribution is 0.00338. The average Bonchev–Trinajstić information content (AvgIpc) is 3.28. The van der Waals surface area contributed by atoms with Crippen LogP contribution in [-0.2, 0) is 4.74 Å². The standard InChI is InChI=1S/C23H24N6O2S/c1-13-5-4-6-16-9-17(15(3)27-21-20-22(25-11-24-21)32-12-26-20)28-19(18(13)16)23(30)29-7-8-31-10-14(29)2/h4-6,9,11-12,14-15H,7-8,10H2,1-3H3,(H,24,25,27)/t14-,15-/m0/s1. The van der Waals surface area contributed by atoms with E-state index in [0.29, 0.717) is 31.3 Å². The molecule has 32 heavy (non-hydrogen) atoms. The summed E-state index contributed by atoms with van der Waals surface area (Å²) in [7, 11) is 0. The molecule has 1 aliphatic rings. The average molecular weight is 449 g/mol. The summed E-state index contributed by atoms with van der Waals surface area (Å²) in [6.07, 6.45) is 1.53. The van der Waals surface area contributed by atoms with Crippen LogP contribution in [0, 0.1) is 6.92 Å². The quantitative estimate of drug-likeness (QED) is 0.505. The number of amides is 1. The number of aromatic nitrogens is 4. The highest BCUT2D eigenvalue weighted by Gasteiger charge is 2.28. The molecule has 9 heteroatoms. The minimum Gasteiger partial charge on any atom is -0.377 e. The van der Waals surface area contributed by atoms with E-state index < -0.39 is 0 Å². The summed E-state index contributed by atoms with van der Waals surface area (Å²) in [6.45, 7) is 7.68. The number of hydrogen-bond acceptors (Lipinski definition) is 8. The number of hydrogen-bond donors (Lipinski definition) is 1. The number of thiazole rings is 1. The van der Waals surface area contributed by atoms with Crippen LogP contribution in [0.25, 0.3) is 21.1 Å². The molecular weight excluding hydrogens is 424 g/mol. The van der Waals surface area contributed by atoms with E-state index in [9.17, 15) is 4.79 Å². The monoisotopic (exact) mass is 448 g/mol. The van der Waals surface area contributed by atoms with Gasteiger partial charge in [-0.2, -0.15) is 0 Å². The van der Waals surface area contributed by atoms with E-state index in [4.69, 9.17) is 9.72 Å². The lowest BCUT2D eigenvalue weighted by Gasteiger charge is -2.33. The van der Waals surface area contributed by atoms with Crippen molar-refractivity contribution in [2.24, 2.45) is 0 Å². The summed E-state index contributed by atoms with van der Waals surface area (Å²) in [5.41, 5.74) is 4.78. The number of benzene rings is 1. The molecule has 4 aromatic rings. The number of ether oxygens (including phenoxy) is 1. The molecule has 1 N–H and O–H groups in total. The maximum atomic E-state index is 13.6. The molecule has 8 nitrogen and oxygen atoms in total. The van der Waals surface area contributed by atoms with Gasteiger partial charge in [-0.1, -0.05) is 18.2 Å². The fraction of sp³-hybridized carbons (Fsp3) is 0.348. The van der Waals surface area contributed by atoms with Gasteiger partial charge in [-0.25, -0.2) is 19.9 Å². The normalized spacial score (nSPS) is 17.6. The van der Waals surface area contributed by atoms with Gasteiger partial charge in [-0.05, 0) is 37.8 Å². The lowest BCUT2D eigenvalue weighted by Crippen LogP contribution is -2.47. The molecule has 0 unspecified atom stereocenters. The zero-order valence-corrected chi connectivity index (χ0v) is 19.0. The highest BCUT2D eigenvalue weighted by Crippen LogP contribution is 2.29. The number of aryl methyl sites for hydroxylation is 1. The minimum absolute atomic E-state index is 0.00953. The Balaban J connectivity index is 1.56. The summed E-state index contributed by atoms with van der Waals surface area (Å²) >= 11 is 1.47. The molecule has 0 aliphatic carbocycles. The molecule has 1 amide bonds. The van der Waals surface area contributed by atoms with Gasteiger partial charge in [0.15, 0.2) is 5.82 Å². The number of nitrogens with one attached hydrogen (secondary N) is 1. The smallest absolute Gasteiger partial charge is 0.273 e. The second-order valence-electron chi connectivity index (χ2n) is 8.09. The van der Waals surface area contributed by atoms with Crippen LogP contribution < -0.4 is 5.32 Å². The van der Waals surface area contributed by atoms with Crippen molar-refractivity contribution in [1.29, 1.82) is 0 Å². The van der Waals surface area contributed by atoms with Gasteiger partial charge in [-0.3, -0.25) is 4.79 Å². The first-order valence-electron chi connectivity index (χ1n) is 10.6. The second kappa shape index (κ2) is 8.40. The number of rotatable bonds is 4. The SMILES string of the molecule is Cc1cccc2cc([C@H](C)Nc3ncnc4scnc34)nc(C(=O)N3CCOC[C@@H]3C)c12. The first kappa shape index (κ1) is 20.7. The molecule has 0 saturated carbocycles. The number of nitrogens with zero attached hydrogens (tertiary/aromatic N) is 5. The number of pyridine rings is 1. The lowest BCUT2D eigenvalue weighted by atomic mass is 10.0. The maximum absolute atomic E-state index is 13.6. The zero-order chi connectivity index (χ0) is 22.2. The van der Waals surface area contributed by atoms with Crippen molar-refractivity contribution in [2.45, 2.75) is 32.9 Å². The predicted octanol–water partition coefficient (Wildman–Crippen LogP) is 3.98. The van der Waals surface area contributed by atoms with E-state index >= 15 is 0 Å². The molecule has 164 valence electrons. The highest BCUT2D eigenvalue weighted by molar-refractivity contribution is 7.16. The third-order valence-corrected chi connectivity index (χ3v) is 6.58. The summed E-state index contributed by atoms with van der Waals surface area (Å²) in [4.78, 5) is 34.2. The van der Waals surface area contributed by atoms with Gasteiger partial charge < -0.3 is 15.0 Å². The highest BCUT2D eigenvalue weighted by atomic mass is 32.1. The number of carbonyl (C=O) groups excluding carboxylic acids is 1. The molecule has 1 fully saturated rings. The number of fused-ring (bicyclic) bond motifs is 2. The van der Waals surface area contributed by atoms with Crippen LogP contribution in [0.4, 0.5) is 5.82 Å². The second-order valence-corrected chi connectivity index (χ2v) is 8.92. The number of morpholine rings is 1. The van der Waals surface area contributed by atoms with E-state index in [1.807, 2.05) is 49.9 Å². The van der Waals surface area contributed by atoms with Crippen molar-refractivity contribution in [1.82, 2.24) is 24.8 Å². The van der Waals surface area contributed by atoms with Gasteiger partial charge in [-0.15, -0.1) is 11.3 Å². The van der Waals surface area contributed by atoms with Crippen LogP contribution in [0.2, 0.25) is 0 Å². The van der Waals surface area contributed by atoms with E-state index in [1.54, 1.807) is 5.51 Å². The van der Waals surface area contributed by atoms with Gasteiger partial charge in [0.25, 0.3) is 5.91 Å². The summed E-state index contributed by atoms with van der Waals surface area (Å²) < 4.78 is 5.52. The Morgan fingerprint density at radius 2 is 2.19 bits per heavy atom. The van der Waals surface area contributed by atoms with Crippen molar-refractivity contribution in [3.05, 3.63) is 53.1 Å². The Kier molecular flexibility index (Phi) is 5.44. The zero-order valence-electron chi connectivity index (χ0n) is 18.2. The molecule has 2 atom stereocenters. The van der Waals surface area contributed by atoms with Crippen molar-refractivity contribution < 1.29 is 9.53 Å². The fourth-order valence-corrected chi connectivity index (χ4v) is 4.76. The molecule has 1 saturated heterocycles. The molecule has 0 bridgehead atoms. The van der Waals surface area contributed by atoms with Gasteiger partial charge in [0.1, 0.15) is 22.4 Å². The van der Waals surface area contributed by atoms with E-state index in [1.165, 1.54) is 17.7 Å². The van der Waals surface area contributed by atoms with Crippen molar-refractivity contribution >= 4 is 44.2 Å². The molecule has 1 aromatic carbocycles. The molecule has 0 radical (unpaired) electrons. The third-order valence-electron chi connectivity index (χ3n) is 5.85. The molecular formula is C23H24N6O2S. The van der Waals surface area contributed by atoms with Crippen LogP contribution in [-0.4, -0.2) is 56.5 Å². The summed E-state index contributed by atoms with van der Waals surface area (Å²) in [6, 6.07) is 7.92. The first-order chi connectivity index (χ1) is 15.5. The minimum atomic E-state index is -0.187. The van der Waals surface area contributed by atoms with Gasteiger partial charge in [0.05, 0.1) is 36.5 Å². The molecule has 4 heterocycles. The Hall–Kier alpha value is -3.17. The Bertz CT molecular complexity index is 1310. The first-order valence-corrected chi connectivity index (χ1v) is 11.5. The van der Waals surface area contributed by atoms with E-state index in [0.717, 1.165) is 32.4 Å².